The lowest BCUT2D eigenvalue weighted by atomic mass is 9.64. The van der Waals surface area contributed by atoms with Gasteiger partial charge in [0.2, 0.25) is 11.8 Å². The number of likely N-dealkylation sites (tertiary alicyclic amines) is 1. The zero-order valence-corrected chi connectivity index (χ0v) is 27.3. The summed E-state index contributed by atoms with van der Waals surface area (Å²) < 4.78 is 61.2. The number of hydrogen-bond donors (Lipinski definition) is 2. The molecule has 0 saturated carbocycles. The van der Waals surface area contributed by atoms with Gasteiger partial charge in [0, 0.05) is 38.2 Å². The van der Waals surface area contributed by atoms with Gasteiger partial charge in [-0.3, -0.25) is 9.59 Å². The molecule has 0 aromatic heterocycles. The summed E-state index contributed by atoms with van der Waals surface area (Å²) in [6, 6.07) is 7.71. The smallest absolute Gasteiger partial charge is 0.253 e. The third-order valence-electron chi connectivity index (χ3n) is 9.40. The maximum absolute atomic E-state index is 14.4. The lowest BCUT2D eigenvalue weighted by Crippen LogP contribution is -2.64. The Morgan fingerprint density at radius 3 is 2.41 bits per heavy atom. The molecular weight excluding hydrogens is 619 g/mol. The van der Waals surface area contributed by atoms with Crippen molar-refractivity contribution in [3.8, 4) is 5.75 Å². The SMILES string of the molecule is Cc1cc(C(=O)N2CCC(O)CC2)cc(C)c1/C=C/[S@+]([O-])N1CCC2(CC1)C(=O)NC2c1ccc(F)c(OCCCC(C)(F)F)c1. The Bertz CT molecular complexity index is 1440. The molecule has 2 atom stereocenters. The molecule has 5 rings (SSSR count). The molecule has 12 heteroatoms. The van der Waals surface area contributed by atoms with Gasteiger partial charge in [-0.15, -0.1) is 4.31 Å². The Morgan fingerprint density at radius 2 is 1.80 bits per heavy atom. The summed E-state index contributed by atoms with van der Waals surface area (Å²) in [5.41, 5.74) is 3.24. The minimum Gasteiger partial charge on any atom is -0.593 e. The van der Waals surface area contributed by atoms with Crippen LogP contribution in [0.4, 0.5) is 13.2 Å². The molecule has 3 fully saturated rings. The lowest BCUT2D eigenvalue weighted by molar-refractivity contribution is -0.150. The van der Waals surface area contributed by atoms with Crippen LogP contribution in [0.15, 0.2) is 35.7 Å². The van der Waals surface area contributed by atoms with Crippen LogP contribution in [0.1, 0.15) is 84.1 Å². The lowest BCUT2D eigenvalue weighted by Gasteiger charge is -2.52. The number of benzene rings is 2. The Hall–Kier alpha value is -3.06. The molecular formula is C34H42F3N3O5S. The van der Waals surface area contributed by atoms with Gasteiger partial charge in [-0.1, -0.05) is 6.07 Å². The van der Waals surface area contributed by atoms with Crippen molar-refractivity contribution in [1.82, 2.24) is 14.5 Å². The van der Waals surface area contributed by atoms with Crippen molar-refractivity contribution in [2.75, 3.05) is 32.8 Å². The van der Waals surface area contributed by atoms with E-state index in [1.165, 1.54) is 12.1 Å². The van der Waals surface area contributed by atoms with Crippen molar-refractivity contribution in [1.29, 1.82) is 0 Å². The first-order valence-electron chi connectivity index (χ1n) is 15.8. The third-order valence-corrected chi connectivity index (χ3v) is 10.6. The molecule has 2 N–H and O–H groups in total. The summed E-state index contributed by atoms with van der Waals surface area (Å²) in [7, 11) is 0. The van der Waals surface area contributed by atoms with Gasteiger partial charge in [-0.2, -0.15) is 0 Å². The number of carbonyl (C=O) groups is 2. The second-order valence-electron chi connectivity index (χ2n) is 12.8. The van der Waals surface area contributed by atoms with E-state index in [0.717, 1.165) is 23.6 Å². The number of alkyl halides is 2. The highest BCUT2D eigenvalue weighted by Crippen LogP contribution is 2.50. The van der Waals surface area contributed by atoms with Crippen molar-refractivity contribution in [3.63, 3.8) is 0 Å². The zero-order chi connectivity index (χ0) is 33.2. The Balaban J connectivity index is 1.19. The summed E-state index contributed by atoms with van der Waals surface area (Å²) in [5, 5.41) is 14.3. The Kier molecular flexibility index (Phi) is 10.4. The van der Waals surface area contributed by atoms with Gasteiger partial charge in [0.1, 0.15) is 5.41 Å². The van der Waals surface area contributed by atoms with Gasteiger partial charge in [-0.25, -0.2) is 13.2 Å². The van der Waals surface area contributed by atoms with Crippen molar-refractivity contribution >= 4 is 29.3 Å². The Morgan fingerprint density at radius 1 is 1.15 bits per heavy atom. The molecule has 3 heterocycles. The molecule has 0 aliphatic carbocycles. The number of β-lactam (4-membered cyclic amide) rings is 1. The maximum atomic E-state index is 14.4. The maximum Gasteiger partial charge on any atom is 0.253 e. The highest BCUT2D eigenvalue weighted by atomic mass is 32.2. The number of aliphatic hydroxyl groups is 1. The zero-order valence-electron chi connectivity index (χ0n) is 26.5. The van der Waals surface area contributed by atoms with E-state index in [1.54, 1.807) is 16.4 Å². The molecule has 1 unspecified atom stereocenters. The number of halogens is 3. The van der Waals surface area contributed by atoms with Crippen molar-refractivity contribution in [3.05, 3.63) is 69.4 Å². The van der Waals surface area contributed by atoms with Gasteiger partial charge in [0.25, 0.3) is 5.91 Å². The number of aryl methyl sites for hydroxylation is 2. The summed E-state index contributed by atoms with van der Waals surface area (Å²) >= 11 is -1.44. The largest absolute Gasteiger partial charge is 0.593 e. The Labute approximate surface area is 271 Å². The molecule has 2 aromatic carbocycles. The number of nitrogens with zero attached hydrogens (tertiary/aromatic N) is 2. The topological polar surface area (TPSA) is 105 Å². The summed E-state index contributed by atoms with van der Waals surface area (Å²) in [6.07, 6.45) is 3.26. The fourth-order valence-electron chi connectivity index (χ4n) is 6.65. The molecule has 46 heavy (non-hydrogen) atoms. The van der Waals surface area contributed by atoms with Gasteiger partial charge >= 0.3 is 0 Å². The van der Waals surface area contributed by atoms with Crippen LogP contribution in [0.5, 0.6) is 5.75 Å². The molecule has 1 spiro atoms. The molecule has 3 aliphatic heterocycles. The molecule has 2 aromatic rings. The second kappa shape index (κ2) is 14.0. The number of hydrogen-bond acceptors (Lipinski definition) is 6. The van der Waals surface area contributed by atoms with Crippen LogP contribution in [0.3, 0.4) is 0 Å². The molecule has 0 radical (unpaired) electrons. The minimum absolute atomic E-state index is 0.0359. The number of aliphatic hydroxyl groups excluding tert-OH is 1. The fraction of sp³-hybridized carbons (Fsp3) is 0.529. The van der Waals surface area contributed by atoms with Crippen LogP contribution in [-0.2, 0) is 16.2 Å². The van der Waals surface area contributed by atoms with Crippen LogP contribution in [0.25, 0.3) is 6.08 Å². The number of piperidine rings is 2. The number of rotatable bonds is 10. The van der Waals surface area contributed by atoms with Crippen molar-refractivity contribution < 1.29 is 37.2 Å². The van der Waals surface area contributed by atoms with E-state index in [9.17, 15) is 32.4 Å². The van der Waals surface area contributed by atoms with Crippen LogP contribution in [-0.4, -0.2) is 75.5 Å². The standard InChI is InChI=1S/C34H42F3N3O5S/c1-22-19-25(31(42)39-13-7-26(41)8-14-39)20-23(2)27(22)9-18-46(44)40-15-11-34(12-16-40)30(38-32(34)43)24-5-6-28(35)29(21-24)45-17-4-10-33(3,36)37/h5-6,9,18-21,26,30,41H,4,7-8,10-17H2,1-3H3,(H,38,43)/b18-9+/t30?,46-/m0/s1. The quantitative estimate of drug-likeness (QED) is 0.200. The summed E-state index contributed by atoms with van der Waals surface area (Å²) in [5.74, 6) is -3.60. The van der Waals surface area contributed by atoms with Gasteiger partial charge in [0.05, 0.1) is 35.5 Å². The number of amides is 2. The van der Waals surface area contributed by atoms with Crippen molar-refractivity contribution in [2.45, 2.75) is 77.4 Å². The van der Waals surface area contributed by atoms with E-state index in [-0.39, 0.29) is 49.2 Å². The first-order valence-corrected chi connectivity index (χ1v) is 17.0. The number of ether oxygens (including phenoxy) is 1. The van der Waals surface area contributed by atoms with Gasteiger partial charge in [0.15, 0.2) is 11.6 Å². The fourth-order valence-corrected chi connectivity index (χ4v) is 7.62. The van der Waals surface area contributed by atoms with Gasteiger partial charge in [-0.05, 0) is 105 Å². The average Bonchev–Trinajstić information content (AvgIpc) is 3.02. The molecule has 3 saturated heterocycles. The van der Waals surface area contributed by atoms with Gasteiger partial charge < -0.3 is 24.6 Å². The number of nitrogens with one attached hydrogen (secondary N) is 1. The first kappa shape index (κ1) is 34.3. The summed E-state index contributed by atoms with van der Waals surface area (Å²) in [4.78, 5) is 27.7. The van der Waals surface area contributed by atoms with Crippen LogP contribution in [0, 0.1) is 25.1 Å². The van der Waals surface area contributed by atoms with E-state index in [0.29, 0.717) is 63.0 Å². The predicted octanol–water partition coefficient (Wildman–Crippen LogP) is 5.44. The second-order valence-corrected chi connectivity index (χ2v) is 14.2. The molecule has 0 bridgehead atoms. The highest BCUT2D eigenvalue weighted by molar-refractivity contribution is 7.92. The average molecular weight is 662 g/mol. The van der Waals surface area contributed by atoms with E-state index >= 15 is 0 Å². The van der Waals surface area contributed by atoms with Crippen LogP contribution in [0.2, 0.25) is 0 Å². The minimum atomic E-state index is -2.81. The first-order chi connectivity index (χ1) is 21.8. The normalized spacial score (nSPS) is 21.3. The summed E-state index contributed by atoms with van der Waals surface area (Å²) in [6.45, 7) is 6.53. The van der Waals surface area contributed by atoms with E-state index in [4.69, 9.17) is 4.74 Å². The molecule has 250 valence electrons. The molecule has 3 aliphatic rings. The predicted molar refractivity (Wildman–Crippen MR) is 170 cm³/mol. The monoisotopic (exact) mass is 661 g/mol. The van der Waals surface area contributed by atoms with Crippen LogP contribution >= 0.6 is 0 Å². The third kappa shape index (κ3) is 7.56. The molecule has 2 amide bonds. The molecule has 8 nitrogen and oxygen atoms in total. The number of carbonyl (C=O) groups excluding carboxylic acids is 2. The van der Waals surface area contributed by atoms with E-state index in [2.05, 4.69) is 5.32 Å². The van der Waals surface area contributed by atoms with E-state index < -0.39 is 28.5 Å². The highest BCUT2D eigenvalue weighted by Gasteiger charge is 2.57. The van der Waals surface area contributed by atoms with E-state index in [1.807, 2.05) is 36.4 Å². The van der Waals surface area contributed by atoms with Crippen molar-refractivity contribution in [2.24, 2.45) is 5.41 Å². The van der Waals surface area contributed by atoms with Crippen LogP contribution < -0.4 is 10.1 Å².